The summed E-state index contributed by atoms with van der Waals surface area (Å²) in [6, 6.07) is 5.34. The molecule has 5 heteroatoms. The van der Waals surface area contributed by atoms with E-state index >= 15 is 0 Å². The van der Waals surface area contributed by atoms with Crippen molar-refractivity contribution in [2.75, 3.05) is 0 Å². The lowest BCUT2D eigenvalue weighted by molar-refractivity contribution is -0.143. The highest BCUT2D eigenvalue weighted by atomic mass is 16.2. The van der Waals surface area contributed by atoms with Gasteiger partial charge >= 0.3 is 17.8 Å². The summed E-state index contributed by atoms with van der Waals surface area (Å²) in [7, 11) is 0. The minimum absolute atomic E-state index is 0.0671. The van der Waals surface area contributed by atoms with E-state index in [2.05, 4.69) is 0 Å². The van der Waals surface area contributed by atoms with Crippen LogP contribution < -0.4 is 0 Å². The Balaban J connectivity index is 1.87. The van der Waals surface area contributed by atoms with Gasteiger partial charge in [0.15, 0.2) is 0 Å². The third-order valence-corrected chi connectivity index (χ3v) is 3.83. The van der Waals surface area contributed by atoms with Gasteiger partial charge in [-0.3, -0.25) is 19.4 Å². The highest BCUT2D eigenvalue weighted by molar-refractivity contribution is 6.44. The number of benzene rings is 1. The summed E-state index contributed by atoms with van der Waals surface area (Å²) < 4.78 is 0. The molecule has 1 aromatic rings. The highest BCUT2D eigenvalue weighted by Gasteiger charge is 2.50. The van der Waals surface area contributed by atoms with E-state index in [1.807, 2.05) is 32.0 Å². The molecule has 1 heterocycles. The van der Waals surface area contributed by atoms with Gasteiger partial charge in [0.1, 0.15) is 0 Å². The van der Waals surface area contributed by atoms with Gasteiger partial charge in [0.05, 0.1) is 6.54 Å². The molecule has 104 valence electrons. The van der Waals surface area contributed by atoms with Crippen LogP contribution in [0.25, 0.3) is 0 Å². The normalized spacial score (nSPS) is 19.2. The van der Waals surface area contributed by atoms with Crippen molar-refractivity contribution in [1.29, 1.82) is 0 Å². The standard InChI is InChI=1S/C15H16N2O3/c1-9-3-4-10(2)11(7-9)8-16-13(18)14(19)17(15(16)20)12-5-6-12/h3-4,7,12H,5-6,8H2,1-2H3. The Morgan fingerprint density at radius 3 is 2.45 bits per heavy atom. The van der Waals surface area contributed by atoms with Crippen LogP contribution in [0.5, 0.6) is 0 Å². The van der Waals surface area contributed by atoms with Crippen molar-refractivity contribution >= 4 is 17.8 Å². The fourth-order valence-corrected chi connectivity index (χ4v) is 2.46. The zero-order valence-corrected chi connectivity index (χ0v) is 11.5. The topological polar surface area (TPSA) is 57.7 Å². The maximum absolute atomic E-state index is 12.2. The van der Waals surface area contributed by atoms with Crippen molar-refractivity contribution in [3.8, 4) is 0 Å². The second kappa shape index (κ2) is 4.44. The Hall–Kier alpha value is -2.17. The van der Waals surface area contributed by atoms with Crippen LogP contribution >= 0.6 is 0 Å². The van der Waals surface area contributed by atoms with E-state index in [-0.39, 0.29) is 12.6 Å². The van der Waals surface area contributed by atoms with Gasteiger partial charge in [0, 0.05) is 6.04 Å². The highest BCUT2D eigenvalue weighted by Crippen LogP contribution is 2.31. The van der Waals surface area contributed by atoms with E-state index in [1.165, 1.54) is 0 Å². The Morgan fingerprint density at radius 2 is 1.80 bits per heavy atom. The average molecular weight is 272 g/mol. The van der Waals surface area contributed by atoms with Crippen molar-refractivity contribution in [2.45, 2.75) is 39.3 Å². The molecule has 1 aliphatic heterocycles. The summed E-state index contributed by atoms with van der Waals surface area (Å²) in [5, 5.41) is 0. The molecule has 2 fully saturated rings. The van der Waals surface area contributed by atoms with Crippen LogP contribution in [0.2, 0.25) is 0 Å². The van der Waals surface area contributed by atoms with Crippen LogP contribution in [0, 0.1) is 13.8 Å². The first-order valence-corrected chi connectivity index (χ1v) is 6.74. The van der Waals surface area contributed by atoms with Crippen LogP contribution in [0.3, 0.4) is 0 Å². The lowest BCUT2D eigenvalue weighted by atomic mass is 10.1. The van der Waals surface area contributed by atoms with Crippen LogP contribution in [0.4, 0.5) is 4.79 Å². The van der Waals surface area contributed by atoms with Gasteiger partial charge in [-0.1, -0.05) is 23.8 Å². The fraction of sp³-hybridized carbons (Fsp3) is 0.400. The molecule has 0 N–H and O–H groups in total. The van der Waals surface area contributed by atoms with E-state index in [0.29, 0.717) is 0 Å². The Kier molecular flexibility index (Phi) is 2.85. The maximum Gasteiger partial charge on any atom is 0.334 e. The molecule has 0 bridgehead atoms. The maximum atomic E-state index is 12.2. The first kappa shape index (κ1) is 12.8. The molecule has 1 saturated heterocycles. The molecule has 1 aromatic carbocycles. The summed E-state index contributed by atoms with van der Waals surface area (Å²) in [5.74, 6) is -1.38. The van der Waals surface area contributed by atoms with Crippen molar-refractivity contribution in [2.24, 2.45) is 0 Å². The molecule has 0 spiro atoms. The second-order valence-corrected chi connectivity index (χ2v) is 5.51. The molecule has 1 saturated carbocycles. The molecular weight excluding hydrogens is 256 g/mol. The number of amides is 4. The average Bonchev–Trinajstić information content (AvgIpc) is 3.20. The van der Waals surface area contributed by atoms with Crippen LogP contribution in [-0.2, 0) is 16.1 Å². The van der Waals surface area contributed by atoms with Crippen LogP contribution in [0.15, 0.2) is 18.2 Å². The lowest BCUT2D eigenvalue weighted by Gasteiger charge is -2.16. The predicted octanol–water partition coefficient (Wildman–Crippen LogP) is 1.76. The fourth-order valence-electron chi connectivity index (χ4n) is 2.46. The zero-order chi connectivity index (χ0) is 14.4. The summed E-state index contributed by atoms with van der Waals surface area (Å²) in [5.41, 5.74) is 2.97. The second-order valence-electron chi connectivity index (χ2n) is 5.51. The predicted molar refractivity (Wildman–Crippen MR) is 71.7 cm³/mol. The first-order chi connectivity index (χ1) is 9.49. The molecule has 4 amide bonds. The zero-order valence-electron chi connectivity index (χ0n) is 11.5. The summed E-state index contributed by atoms with van der Waals surface area (Å²) >= 11 is 0. The van der Waals surface area contributed by atoms with Gasteiger partial charge < -0.3 is 0 Å². The first-order valence-electron chi connectivity index (χ1n) is 6.74. The SMILES string of the molecule is Cc1ccc(C)c(CN2C(=O)C(=O)N(C3CC3)C2=O)c1. The molecule has 3 rings (SSSR count). The van der Waals surface area contributed by atoms with Crippen LogP contribution in [-0.4, -0.2) is 33.7 Å². The van der Waals surface area contributed by atoms with E-state index in [1.54, 1.807) is 0 Å². The number of carbonyl (C=O) groups is 3. The molecule has 0 aromatic heterocycles. The number of urea groups is 1. The quantitative estimate of drug-likeness (QED) is 0.622. The molecule has 0 radical (unpaired) electrons. The van der Waals surface area contributed by atoms with E-state index < -0.39 is 17.8 Å². The monoisotopic (exact) mass is 272 g/mol. The molecule has 1 aliphatic carbocycles. The van der Waals surface area contributed by atoms with Gasteiger partial charge in [-0.05, 0) is 37.8 Å². The molecule has 20 heavy (non-hydrogen) atoms. The van der Waals surface area contributed by atoms with Gasteiger partial charge in [0.2, 0.25) is 0 Å². The van der Waals surface area contributed by atoms with Crippen LogP contribution in [0.1, 0.15) is 29.5 Å². The summed E-state index contributed by atoms with van der Waals surface area (Å²) in [4.78, 5) is 38.2. The van der Waals surface area contributed by atoms with Gasteiger partial charge in [0.25, 0.3) is 0 Å². The number of nitrogens with zero attached hydrogens (tertiary/aromatic N) is 2. The summed E-state index contributed by atoms with van der Waals surface area (Å²) in [6.07, 6.45) is 1.62. The number of carbonyl (C=O) groups excluding carboxylic acids is 3. The lowest BCUT2D eigenvalue weighted by Crippen LogP contribution is -2.34. The molecule has 2 aliphatic rings. The number of rotatable bonds is 3. The Morgan fingerprint density at radius 1 is 1.10 bits per heavy atom. The van der Waals surface area contributed by atoms with Gasteiger partial charge in [-0.15, -0.1) is 0 Å². The molecule has 5 nitrogen and oxygen atoms in total. The van der Waals surface area contributed by atoms with Gasteiger partial charge in [-0.25, -0.2) is 4.79 Å². The number of hydrogen-bond donors (Lipinski definition) is 0. The molecule has 0 atom stereocenters. The third-order valence-electron chi connectivity index (χ3n) is 3.83. The molecular formula is C15H16N2O3. The van der Waals surface area contributed by atoms with Crippen molar-refractivity contribution in [1.82, 2.24) is 9.80 Å². The van der Waals surface area contributed by atoms with Crippen molar-refractivity contribution < 1.29 is 14.4 Å². The van der Waals surface area contributed by atoms with E-state index in [4.69, 9.17) is 0 Å². The summed E-state index contributed by atoms with van der Waals surface area (Å²) in [6.45, 7) is 4.05. The van der Waals surface area contributed by atoms with E-state index in [0.717, 1.165) is 39.3 Å². The van der Waals surface area contributed by atoms with E-state index in [9.17, 15) is 14.4 Å². The van der Waals surface area contributed by atoms with Crippen molar-refractivity contribution in [3.05, 3.63) is 34.9 Å². The number of imide groups is 2. The number of hydrogen-bond acceptors (Lipinski definition) is 3. The number of aryl methyl sites for hydroxylation is 2. The largest absolute Gasteiger partial charge is 0.334 e. The van der Waals surface area contributed by atoms with Crippen molar-refractivity contribution in [3.63, 3.8) is 0 Å². The minimum atomic E-state index is -0.706. The molecule has 0 unspecified atom stereocenters. The Bertz CT molecular complexity index is 620. The smallest absolute Gasteiger partial charge is 0.263 e. The Labute approximate surface area is 117 Å². The van der Waals surface area contributed by atoms with Gasteiger partial charge in [-0.2, -0.15) is 0 Å². The third kappa shape index (κ3) is 1.99. The minimum Gasteiger partial charge on any atom is -0.263 e.